The molecule has 1 aromatic heterocycles. The molecule has 0 aromatic carbocycles. The maximum Gasteiger partial charge on any atom is 0.331 e. The normalized spacial score (nSPS) is 19.1. The largest absolute Gasteiger partial charge is 0.467 e. The van der Waals surface area contributed by atoms with Crippen molar-refractivity contribution in [2.75, 3.05) is 7.11 Å². The second kappa shape index (κ2) is 6.07. The van der Waals surface area contributed by atoms with E-state index in [1.165, 1.54) is 7.11 Å². The van der Waals surface area contributed by atoms with Gasteiger partial charge >= 0.3 is 5.97 Å². The summed E-state index contributed by atoms with van der Waals surface area (Å²) in [6.45, 7) is 1.78. The minimum absolute atomic E-state index is 0.185. The van der Waals surface area contributed by atoms with Gasteiger partial charge in [-0.2, -0.15) is 0 Å². The fraction of sp³-hybridized carbons (Fsp3) is 0.643. The molecule has 20 heavy (non-hydrogen) atoms. The molecule has 1 aromatic rings. The summed E-state index contributed by atoms with van der Waals surface area (Å²) in [5.74, 6) is -0.529. The van der Waals surface area contributed by atoms with Crippen LogP contribution in [0.1, 0.15) is 45.1 Å². The van der Waals surface area contributed by atoms with E-state index < -0.39 is 11.6 Å². The molecule has 0 aliphatic heterocycles. The number of aromatic nitrogens is 2. The Hall–Kier alpha value is -1.85. The third-order valence-electron chi connectivity index (χ3n) is 4.00. The van der Waals surface area contributed by atoms with Gasteiger partial charge in [-0.3, -0.25) is 4.79 Å². The molecular formula is C14H21N3O3. The van der Waals surface area contributed by atoms with Gasteiger partial charge in [-0.15, -0.1) is 0 Å². The molecule has 1 fully saturated rings. The summed E-state index contributed by atoms with van der Waals surface area (Å²) < 4.78 is 6.60. The van der Waals surface area contributed by atoms with Gasteiger partial charge in [-0.25, -0.2) is 9.78 Å². The number of imidazole rings is 1. The van der Waals surface area contributed by atoms with Crippen molar-refractivity contribution < 1.29 is 14.3 Å². The van der Waals surface area contributed by atoms with Crippen LogP contribution < -0.4 is 5.32 Å². The number of carbonyl (C=O) groups is 2. The van der Waals surface area contributed by atoms with Crippen LogP contribution in [0.4, 0.5) is 0 Å². The highest BCUT2D eigenvalue weighted by molar-refractivity contribution is 5.89. The SMILES string of the molecule is COC(=O)C1(NC(=O)[C@@H](C)n2ccnc2)CCCCC1. The molecule has 0 spiro atoms. The zero-order chi connectivity index (χ0) is 14.6. The molecular weight excluding hydrogens is 258 g/mol. The summed E-state index contributed by atoms with van der Waals surface area (Å²) in [6.07, 6.45) is 9.17. The number of methoxy groups -OCH3 is 1. The number of rotatable bonds is 4. The first-order valence-corrected chi connectivity index (χ1v) is 6.97. The minimum Gasteiger partial charge on any atom is -0.467 e. The van der Waals surface area contributed by atoms with Gasteiger partial charge in [0.15, 0.2) is 0 Å². The third kappa shape index (κ3) is 2.84. The van der Waals surface area contributed by atoms with Gasteiger partial charge in [-0.1, -0.05) is 19.3 Å². The third-order valence-corrected chi connectivity index (χ3v) is 4.00. The first-order chi connectivity index (χ1) is 9.59. The van der Waals surface area contributed by atoms with Gasteiger partial charge in [0.25, 0.3) is 0 Å². The number of hydrogen-bond donors (Lipinski definition) is 1. The molecule has 1 aliphatic rings. The molecule has 1 atom stereocenters. The summed E-state index contributed by atoms with van der Waals surface area (Å²) in [5, 5.41) is 2.91. The molecule has 0 saturated heterocycles. The highest BCUT2D eigenvalue weighted by Crippen LogP contribution is 2.30. The number of nitrogens with one attached hydrogen (secondary N) is 1. The van der Waals surface area contributed by atoms with E-state index in [1.807, 2.05) is 0 Å². The van der Waals surface area contributed by atoms with Crippen LogP contribution in [-0.2, 0) is 14.3 Å². The average molecular weight is 279 g/mol. The molecule has 1 heterocycles. The Balaban J connectivity index is 2.11. The topological polar surface area (TPSA) is 73.2 Å². The second-order valence-electron chi connectivity index (χ2n) is 5.31. The van der Waals surface area contributed by atoms with Gasteiger partial charge in [-0.05, 0) is 19.8 Å². The quantitative estimate of drug-likeness (QED) is 0.846. The standard InChI is InChI=1S/C14H21N3O3/c1-11(17-9-8-15-10-17)12(18)16-14(13(19)20-2)6-4-3-5-7-14/h8-11H,3-7H2,1-2H3,(H,16,18)/t11-/m1/s1. The van der Waals surface area contributed by atoms with Crippen molar-refractivity contribution >= 4 is 11.9 Å². The fourth-order valence-electron chi connectivity index (χ4n) is 2.71. The molecule has 0 unspecified atom stereocenters. The van der Waals surface area contributed by atoms with Crippen LogP contribution in [0.5, 0.6) is 0 Å². The zero-order valence-corrected chi connectivity index (χ0v) is 12.0. The molecule has 0 bridgehead atoms. The first kappa shape index (κ1) is 14.6. The highest BCUT2D eigenvalue weighted by Gasteiger charge is 2.42. The lowest BCUT2D eigenvalue weighted by molar-refractivity contribution is -0.153. The van der Waals surface area contributed by atoms with Gasteiger partial charge in [0.1, 0.15) is 11.6 Å². The fourth-order valence-corrected chi connectivity index (χ4v) is 2.71. The van der Waals surface area contributed by atoms with E-state index in [4.69, 9.17) is 4.74 Å². The van der Waals surface area contributed by atoms with Gasteiger partial charge in [0, 0.05) is 12.4 Å². The molecule has 1 saturated carbocycles. The first-order valence-electron chi connectivity index (χ1n) is 6.97. The molecule has 2 rings (SSSR count). The maximum atomic E-state index is 12.4. The molecule has 6 nitrogen and oxygen atoms in total. The van der Waals surface area contributed by atoms with Crippen LogP contribution in [0.3, 0.4) is 0 Å². The number of ether oxygens (including phenoxy) is 1. The van der Waals surface area contributed by atoms with Crippen molar-refractivity contribution in [3.63, 3.8) is 0 Å². The predicted molar refractivity (Wildman–Crippen MR) is 72.9 cm³/mol. The summed E-state index contributed by atoms with van der Waals surface area (Å²) in [7, 11) is 1.37. The van der Waals surface area contributed by atoms with E-state index in [1.54, 1.807) is 30.2 Å². The Morgan fingerprint density at radius 1 is 1.35 bits per heavy atom. The van der Waals surface area contributed by atoms with Gasteiger partial charge in [0.2, 0.25) is 5.91 Å². The van der Waals surface area contributed by atoms with E-state index in [2.05, 4.69) is 10.3 Å². The van der Waals surface area contributed by atoms with Crippen LogP contribution in [0.15, 0.2) is 18.7 Å². The summed E-state index contributed by atoms with van der Waals surface area (Å²) in [4.78, 5) is 28.4. The monoisotopic (exact) mass is 279 g/mol. The summed E-state index contributed by atoms with van der Waals surface area (Å²) >= 11 is 0. The Bertz CT molecular complexity index is 464. The Morgan fingerprint density at radius 3 is 2.60 bits per heavy atom. The summed E-state index contributed by atoms with van der Waals surface area (Å²) in [5.41, 5.74) is -0.862. The van der Waals surface area contributed by atoms with Crippen LogP contribution in [0.2, 0.25) is 0 Å². The van der Waals surface area contributed by atoms with Crippen molar-refractivity contribution in [2.24, 2.45) is 0 Å². The smallest absolute Gasteiger partial charge is 0.331 e. The van der Waals surface area contributed by atoms with Gasteiger partial charge in [0.05, 0.1) is 13.4 Å². The van der Waals surface area contributed by atoms with Crippen LogP contribution in [0, 0.1) is 0 Å². The zero-order valence-electron chi connectivity index (χ0n) is 12.0. The maximum absolute atomic E-state index is 12.4. The minimum atomic E-state index is -0.862. The lowest BCUT2D eigenvalue weighted by Crippen LogP contribution is -2.57. The predicted octanol–water partition coefficient (Wildman–Crippen LogP) is 1.44. The van der Waals surface area contributed by atoms with E-state index in [9.17, 15) is 9.59 Å². The van der Waals surface area contributed by atoms with Crippen LogP contribution in [0.25, 0.3) is 0 Å². The Labute approximate surface area is 118 Å². The second-order valence-corrected chi connectivity index (χ2v) is 5.31. The molecule has 110 valence electrons. The highest BCUT2D eigenvalue weighted by atomic mass is 16.5. The number of hydrogen-bond acceptors (Lipinski definition) is 4. The average Bonchev–Trinajstić information content (AvgIpc) is 3.00. The van der Waals surface area contributed by atoms with Crippen LogP contribution in [-0.4, -0.2) is 34.1 Å². The van der Waals surface area contributed by atoms with Crippen molar-refractivity contribution in [1.82, 2.24) is 14.9 Å². The summed E-state index contributed by atoms with van der Waals surface area (Å²) in [6, 6.07) is -0.402. The Kier molecular flexibility index (Phi) is 4.42. The molecule has 1 N–H and O–H groups in total. The van der Waals surface area contributed by atoms with Crippen molar-refractivity contribution in [3.8, 4) is 0 Å². The molecule has 1 amide bonds. The number of nitrogens with zero attached hydrogens (tertiary/aromatic N) is 2. The number of carbonyl (C=O) groups excluding carboxylic acids is 2. The van der Waals surface area contributed by atoms with Gasteiger partial charge < -0.3 is 14.6 Å². The van der Waals surface area contributed by atoms with Crippen molar-refractivity contribution in [1.29, 1.82) is 0 Å². The van der Waals surface area contributed by atoms with Crippen molar-refractivity contribution in [2.45, 2.75) is 50.6 Å². The molecule has 0 radical (unpaired) electrons. The number of esters is 1. The lowest BCUT2D eigenvalue weighted by atomic mass is 9.81. The lowest BCUT2D eigenvalue weighted by Gasteiger charge is -2.36. The van der Waals surface area contributed by atoms with E-state index >= 15 is 0 Å². The van der Waals surface area contributed by atoms with E-state index in [0.717, 1.165) is 19.3 Å². The molecule has 1 aliphatic carbocycles. The van der Waals surface area contributed by atoms with Crippen LogP contribution >= 0.6 is 0 Å². The van der Waals surface area contributed by atoms with E-state index in [-0.39, 0.29) is 11.9 Å². The number of amides is 1. The van der Waals surface area contributed by atoms with E-state index in [0.29, 0.717) is 12.8 Å². The Morgan fingerprint density at radius 2 is 2.05 bits per heavy atom. The van der Waals surface area contributed by atoms with Crippen molar-refractivity contribution in [3.05, 3.63) is 18.7 Å². The molecule has 6 heteroatoms.